The van der Waals surface area contributed by atoms with Gasteiger partial charge in [-0.2, -0.15) is 0 Å². The minimum Gasteiger partial charge on any atom is -0.392 e. The monoisotopic (exact) mass is 214 g/mol. The van der Waals surface area contributed by atoms with Gasteiger partial charge in [-0.3, -0.25) is 4.79 Å². The van der Waals surface area contributed by atoms with Gasteiger partial charge in [-0.15, -0.1) is 0 Å². The number of nitrogens with zero attached hydrogens (tertiary/aromatic N) is 1. The van der Waals surface area contributed by atoms with E-state index < -0.39 is 0 Å². The number of nitrogens with one attached hydrogen (secondary N) is 1. The number of aliphatic hydroxyl groups is 1. The average Bonchev–Trinajstić information content (AvgIpc) is 2.47. The summed E-state index contributed by atoms with van der Waals surface area (Å²) in [4.78, 5) is 13.7. The Morgan fingerprint density at radius 3 is 2.53 bits per heavy atom. The fraction of sp³-hybridized carbons (Fsp3) is 0.909. The second-order valence-electron chi connectivity index (χ2n) is 5.61. The van der Waals surface area contributed by atoms with Gasteiger partial charge in [-0.25, -0.2) is 0 Å². The highest BCUT2D eigenvalue weighted by molar-refractivity contribution is 5.82. The van der Waals surface area contributed by atoms with Crippen molar-refractivity contribution in [3.05, 3.63) is 0 Å². The van der Waals surface area contributed by atoms with Crippen molar-refractivity contribution < 1.29 is 9.90 Å². The van der Waals surface area contributed by atoms with Gasteiger partial charge in [0.15, 0.2) is 0 Å². The molecule has 0 spiro atoms. The molecule has 1 fully saturated rings. The number of aliphatic hydroxyl groups excluding tert-OH is 1. The summed E-state index contributed by atoms with van der Waals surface area (Å²) in [6, 6.07) is -0.202. The predicted octanol–water partition coefficient (Wildman–Crippen LogP) is 0.214. The van der Waals surface area contributed by atoms with Gasteiger partial charge in [0, 0.05) is 20.1 Å². The van der Waals surface area contributed by atoms with E-state index in [4.69, 9.17) is 0 Å². The van der Waals surface area contributed by atoms with Crippen LogP contribution in [-0.4, -0.2) is 48.2 Å². The number of likely N-dealkylation sites (N-methyl/N-ethyl adjacent to an activating group) is 1. The zero-order valence-corrected chi connectivity index (χ0v) is 10.1. The van der Waals surface area contributed by atoms with Gasteiger partial charge in [-0.05, 0) is 11.8 Å². The summed E-state index contributed by atoms with van der Waals surface area (Å²) in [7, 11) is 1.82. The molecule has 0 bridgehead atoms. The van der Waals surface area contributed by atoms with E-state index in [2.05, 4.69) is 26.1 Å². The summed E-state index contributed by atoms with van der Waals surface area (Å²) >= 11 is 0. The van der Waals surface area contributed by atoms with Crippen molar-refractivity contribution in [2.45, 2.75) is 39.3 Å². The Balaban J connectivity index is 2.46. The maximum atomic E-state index is 11.9. The van der Waals surface area contributed by atoms with Crippen molar-refractivity contribution in [3.63, 3.8) is 0 Å². The summed E-state index contributed by atoms with van der Waals surface area (Å²) in [5.41, 5.74) is 0.113. The van der Waals surface area contributed by atoms with Crippen molar-refractivity contribution in [1.82, 2.24) is 10.2 Å². The van der Waals surface area contributed by atoms with E-state index in [1.54, 1.807) is 4.90 Å². The molecule has 1 aliphatic rings. The van der Waals surface area contributed by atoms with Crippen LogP contribution in [-0.2, 0) is 4.79 Å². The highest BCUT2D eigenvalue weighted by atomic mass is 16.3. The van der Waals surface area contributed by atoms with Crippen LogP contribution in [0.15, 0.2) is 0 Å². The fourth-order valence-corrected chi connectivity index (χ4v) is 1.96. The summed E-state index contributed by atoms with van der Waals surface area (Å²) in [6.45, 7) is 7.58. The molecule has 0 aromatic carbocycles. The molecule has 15 heavy (non-hydrogen) atoms. The van der Waals surface area contributed by atoms with Crippen LogP contribution in [0.3, 0.4) is 0 Å². The third-order valence-corrected chi connectivity index (χ3v) is 2.49. The molecule has 1 heterocycles. The number of carbonyl (C=O) groups excluding carboxylic acids is 1. The van der Waals surface area contributed by atoms with Crippen LogP contribution in [0.2, 0.25) is 0 Å². The maximum absolute atomic E-state index is 11.9. The van der Waals surface area contributed by atoms with E-state index in [0.717, 1.165) is 6.54 Å². The van der Waals surface area contributed by atoms with E-state index in [-0.39, 0.29) is 23.5 Å². The lowest BCUT2D eigenvalue weighted by Gasteiger charge is -2.28. The minimum absolute atomic E-state index is 0.0847. The Morgan fingerprint density at radius 1 is 1.53 bits per heavy atom. The average molecular weight is 214 g/mol. The highest BCUT2D eigenvalue weighted by Gasteiger charge is 2.31. The first-order valence-corrected chi connectivity index (χ1v) is 5.46. The number of carbonyl (C=O) groups is 1. The third kappa shape index (κ3) is 3.80. The van der Waals surface area contributed by atoms with Crippen LogP contribution in [0.25, 0.3) is 0 Å². The van der Waals surface area contributed by atoms with Crippen molar-refractivity contribution in [1.29, 1.82) is 0 Å². The summed E-state index contributed by atoms with van der Waals surface area (Å²) in [6.07, 6.45) is 0.162. The van der Waals surface area contributed by atoms with Crippen molar-refractivity contribution >= 4 is 5.91 Å². The molecular formula is C11H22N2O2. The number of hydrogen-bond acceptors (Lipinski definition) is 3. The molecule has 0 radical (unpaired) electrons. The first kappa shape index (κ1) is 12.5. The summed E-state index contributed by atoms with van der Waals surface area (Å²) in [5.74, 6) is 0.0847. The lowest BCUT2D eigenvalue weighted by Crippen LogP contribution is -2.44. The van der Waals surface area contributed by atoms with Gasteiger partial charge in [0.05, 0.1) is 12.1 Å². The van der Waals surface area contributed by atoms with Crippen LogP contribution in [0.4, 0.5) is 0 Å². The lowest BCUT2D eigenvalue weighted by molar-refractivity contribution is -0.133. The molecule has 1 aliphatic heterocycles. The quantitative estimate of drug-likeness (QED) is 0.691. The minimum atomic E-state index is -0.373. The summed E-state index contributed by atoms with van der Waals surface area (Å²) in [5, 5.41) is 12.4. The van der Waals surface area contributed by atoms with Crippen LogP contribution in [0, 0.1) is 5.41 Å². The normalized spacial score (nSPS) is 26.7. The van der Waals surface area contributed by atoms with Gasteiger partial charge in [-0.1, -0.05) is 20.8 Å². The van der Waals surface area contributed by atoms with E-state index in [0.29, 0.717) is 13.0 Å². The second-order valence-corrected chi connectivity index (χ2v) is 5.61. The molecule has 0 unspecified atom stereocenters. The number of hydrogen-bond donors (Lipinski definition) is 2. The fourth-order valence-electron chi connectivity index (χ4n) is 1.96. The molecule has 2 N–H and O–H groups in total. The number of rotatable bonds is 2. The smallest absolute Gasteiger partial charge is 0.239 e. The molecule has 0 aromatic heterocycles. The molecule has 0 aliphatic carbocycles. The Morgan fingerprint density at radius 2 is 2.13 bits per heavy atom. The Labute approximate surface area is 91.6 Å². The molecule has 4 nitrogen and oxygen atoms in total. The first-order valence-electron chi connectivity index (χ1n) is 5.46. The van der Waals surface area contributed by atoms with Crippen LogP contribution in [0.1, 0.15) is 27.2 Å². The molecule has 1 rings (SSSR count). The topological polar surface area (TPSA) is 52.6 Å². The van der Waals surface area contributed by atoms with Crippen molar-refractivity contribution in [2.24, 2.45) is 5.41 Å². The predicted molar refractivity (Wildman–Crippen MR) is 59.5 cm³/mol. The standard InChI is InChI=1S/C11H22N2O2/c1-11(2,3)7-13(4)10(15)9-5-8(14)6-12-9/h8-9,12,14H,5-7H2,1-4H3/t8-,9-/m1/s1. The van der Waals surface area contributed by atoms with E-state index in [9.17, 15) is 9.90 Å². The van der Waals surface area contributed by atoms with Gasteiger partial charge in [0.25, 0.3) is 0 Å². The SMILES string of the molecule is CN(CC(C)(C)C)C(=O)[C@H]1C[C@@H](O)CN1. The van der Waals surface area contributed by atoms with Crippen LogP contribution >= 0.6 is 0 Å². The lowest BCUT2D eigenvalue weighted by atomic mass is 9.96. The van der Waals surface area contributed by atoms with E-state index in [1.165, 1.54) is 0 Å². The Hall–Kier alpha value is -0.610. The van der Waals surface area contributed by atoms with Gasteiger partial charge in [0.1, 0.15) is 0 Å². The van der Waals surface area contributed by atoms with Gasteiger partial charge >= 0.3 is 0 Å². The van der Waals surface area contributed by atoms with E-state index >= 15 is 0 Å². The molecule has 2 atom stereocenters. The van der Waals surface area contributed by atoms with Gasteiger partial charge < -0.3 is 15.3 Å². The maximum Gasteiger partial charge on any atom is 0.239 e. The number of amides is 1. The van der Waals surface area contributed by atoms with Crippen LogP contribution < -0.4 is 5.32 Å². The van der Waals surface area contributed by atoms with Crippen molar-refractivity contribution in [2.75, 3.05) is 20.1 Å². The van der Waals surface area contributed by atoms with Gasteiger partial charge in [0.2, 0.25) is 5.91 Å². The molecular weight excluding hydrogens is 192 g/mol. The first-order chi connectivity index (χ1) is 6.79. The molecule has 88 valence electrons. The second kappa shape index (κ2) is 4.49. The molecule has 4 heteroatoms. The zero-order chi connectivity index (χ0) is 11.6. The van der Waals surface area contributed by atoms with E-state index in [1.807, 2.05) is 7.05 Å². The highest BCUT2D eigenvalue weighted by Crippen LogP contribution is 2.16. The zero-order valence-electron chi connectivity index (χ0n) is 10.1. The Bertz CT molecular complexity index is 235. The third-order valence-electron chi connectivity index (χ3n) is 2.49. The molecule has 1 saturated heterocycles. The van der Waals surface area contributed by atoms with Crippen LogP contribution in [0.5, 0.6) is 0 Å². The van der Waals surface area contributed by atoms with Crippen molar-refractivity contribution in [3.8, 4) is 0 Å². The Kier molecular flexibility index (Phi) is 3.73. The summed E-state index contributed by atoms with van der Waals surface area (Å²) < 4.78 is 0. The number of β-amino-alcohol motifs (C(OH)–C–C–N with tert-alkyl or cyclic N) is 1. The largest absolute Gasteiger partial charge is 0.392 e. The molecule has 1 amide bonds. The molecule has 0 aromatic rings. The molecule has 0 saturated carbocycles.